The topological polar surface area (TPSA) is 93.1 Å². The van der Waals surface area contributed by atoms with Crippen LogP contribution in [0.15, 0.2) is 54.7 Å². The lowest BCUT2D eigenvalue weighted by Gasteiger charge is -2.24. The Balaban J connectivity index is 1.64. The number of aromatic nitrogens is 2. The minimum Gasteiger partial charge on any atom is -0.324 e. The minimum atomic E-state index is -0.805. The second kappa shape index (κ2) is 7.52. The number of hydrogen-bond acceptors (Lipinski definition) is 4. The monoisotopic (exact) mass is 408 g/mol. The smallest absolute Gasteiger partial charge is 0.249 e. The minimum absolute atomic E-state index is 0.0348. The maximum Gasteiger partial charge on any atom is 0.249 e. The summed E-state index contributed by atoms with van der Waals surface area (Å²) in [5, 5.41) is 10.5. The molecule has 0 unspecified atom stereocenters. The van der Waals surface area contributed by atoms with Crippen LogP contribution in [0.3, 0.4) is 0 Å². The fourth-order valence-electron chi connectivity index (χ4n) is 3.25. The summed E-state index contributed by atoms with van der Waals surface area (Å²) in [5.41, 5.74) is 2.51. The third kappa shape index (κ3) is 3.77. The maximum atomic E-state index is 12.9. The summed E-state index contributed by atoms with van der Waals surface area (Å²) < 4.78 is 1.51. The zero-order chi connectivity index (χ0) is 20.5. The van der Waals surface area contributed by atoms with Gasteiger partial charge < -0.3 is 10.6 Å². The Morgan fingerprint density at radius 1 is 1.21 bits per heavy atom. The van der Waals surface area contributed by atoms with Crippen molar-refractivity contribution < 1.29 is 14.4 Å². The number of carbonyl (C=O) groups excluding carboxylic acids is 3. The first kappa shape index (κ1) is 18.9. The number of hydrogen-bond donors (Lipinski definition) is 2. The molecule has 2 amide bonds. The van der Waals surface area contributed by atoms with Crippen LogP contribution in [0.5, 0.6) is 0 Å². The molecule has 2 aromatic carbocycles. The number of ketones is 1. The molecule has 0 spiro atoms. The van der Waals surface area contributed by atoms with E-state index in [9.17, 15) is 14.4 Å². The molecular formula is C21H17ClN4O3. The van der Waals surface area contributed by atoms with Crippen molar-refractivity contribution in [1.29, 1.82) is 0 Å². The van der Waals surface area contributed by atoms with E-state index >= 15 is 0 Å². The highest BCUT2D eigenvalue weighted by atomic mass is 35.5. The Morgan fingerprint density at radius 3 is 2.69 bits per heavy atom. The summed E-state index contributed by atoms with van der Waals surface area (Å²) in [5.74, 6) is -0.292. The molecule has 0 aliphatic carbocycles. The van der Waals surface area contributed by atoms with E-state index in [4.69, 9.17) is 11.6 Å². The first-order valence-electron chi connectivity index (χ1n) is 8.97. The molecule has 1 aliphatic heterocycles. The molecular weight excluding hydrogens is 392 g/mol. The standard InChI is InChI=1S/C21H17ClN4O3/c1-12(27)14-3-2-4-16(9-14)24-21(29)18-10-19(28)25-20-17(11-23-26(18)20)13-5-7-15(22)8-6-13/h2-9,11,18H,10H2,1H3,(H,24,29)(H,25,28)/t18-/m1/s1. The first-order chi connectivity index (χ1) is 13.9. The lowest BCUT2D eigenvalue weighted by Crippen LogP contribution is -2.35. The van der Waals surface area contributed by atoms with Gasteiger partial charge in [0.15, 0.2) is 5.78 Å². The van der Waals surface area contributed by atoms with Crippen LogP contribution in [0, 0.1) is 0 Å². The molecule has 0 fully saturated rings. The largest absolute Gasteiger partial charge is 0.324 e. The third-order valence-electron chi connectivity index (χ3n) is 4.72. The van der Waals surface area contributed by atoms with Crippen LogP contribution in [-0.2, 0) is 9.59 Å². The quantitative estimate of drug-likeness (QED) is 0.639. The Morgan fingerprint density at radius 2 is 1.97 bits per heavy atom. The van der Waals surface area contributed by atoms with Crippen LogP contribution in [0.1, 0.15) is 29.7 Å². The van der Waals surface area contributed by atoms with E-state index in [1.807, 2.05) is 12.1 Å². The molecule has 146 valence electrons. The molecule has 29 heavy (non-hydrogen) atoms. The lowest BCUT2D eigenvalue weighted by atomic mass is 10.1. The third-order valence-corrected chi connectivity index (χ3v) is 4.97. The van der Waals surface area contributed by atoms with E-state index in [0.29, 0.717) is 27.7 Å². The molecule has 4 rings (SSSR count). The van der Waals surface area contributed by atoms with Gasteiger partial charge in [-0.2, -0.15) is 5.10 Å². The molecule has 1 atom stereocenters. The number of anilines is 2. The van der Waals surface area contributed by atoms with E-state index in [1.165, 1.54) is 11.6 Å². The second-order valence-corrected chi connectivity index (χ2v) is 7.19. The van der Waals surface area contributed by atoms with Crippen molar-refractivity contribution in [3.63, 3.8) is 0 Å². The lowest BCUT2D eigenvalue weighted by molar-refractivity contribution is -0.125. The summed E-state index contributed by atoms with van der Waals surface area (Å²) in [6.07, 6.45) is 1.58. The molecule has 2 heterocycles. The Kier molecular flexibility index (Phi) is 4.90. The van der Waals surface area contributed by atoms with Gasteiger partial charge in [-0.05, 0) is 36.8 Å². The molecule has 0 bridgehead atoms. The van der Waals surface area contributed by atoms with E-state index in [-0.39, 0.29) is 24.0 Å². The SMILES string of the molecule is CC(=O)c1cccc(NC(=O)[C@H]2CC(=O)Nc3c(-c4ccc(Cl)cc4)cnn32)c1. The van der Waals surface area contributed by atoms with Crippen LogP contribution in [0.25, 0.3) is 11.1 Å². The zero-order valence-corrected chi connectivity index (χ0v) is 16.2. The first-order valence-corrected chi connectivity index (χ1v) is 9.35. The number of halogens is 1. The number of fused-ring (bicyclic) bond motifs is 1. The average Bonchev–Trinajstić information content (AvgIpc) is 3.11. The number of benzene rings is 2. The molecule has 8 heteroatoms. The van der Waals surface area contributed by atoms with Gasteiger partial charge >= 0.3 is 0 Å². The molecule has 7 nitrogen and oxygen atoms in total. The average molecular weight is 409 g/mol. The molecule has 1 aromatic heterocycles. The molecule has 0 saturated heterocycles. The number of nitrogens with zero attached hydrogens (tertiary/aromatic N) is 2. The van der Waals surface area contributed by atoms with Crippen LogP contribution in [0.2, 0.25) is 5.02 Å². The van der Waals surface area contributed by atoms with E-state index < -0.39 is 6.04 Å². The highest BCUT2D eigenvalue weighted by Gasteiger charge is 2.33. The highest BCUT2D eigenvalue weighted by Crippen LogP contribution is 2.34. The number of carbonyl (C=O) groups is 3. The molecule has 2 N–H and O–H groups in total. The van der Waals surface area contributed by atoms with Crippen molar-refractivity contribution in [3.8, 4) is 11.1 Å². The predicted octanol–water partition coefficient (Wildman–Crippen LogP) is 3.93. The Bertz CT molecular complexity index is 1120. The van der Waals surface area contributed by atoms with Crippen molar-refractivity contribution in [1.82, 2.24) is 9.78 Å². The van der Waals surface area contributed by atoms with Gasteiger partial charge in [-0.25, -0.2) is 4.68 Å². The Labute approximate surface area is 171 Å². The van der Waals surface area contributed by atoms with Crippen LogP contribution in [-0.4, -0.2) is 27.4 Å². The van der Waals surface area contributed by atoms with Crippen molar-refractivity contribution in [2.45, 2.75) is 19.4 Å². The summed E-state index contributed by atoms with van der Waals surface area (Å²) in [4.78, 5) is 36.7. The second-order valence-electron chi connectivity index (χ2n) is 6.75. The summed E-state index contributed by atoms with van der Waals surface area (Å²) >= 11 is 5.95. The van der Waals surface area contributed by atoms with Crippen molar-refractivity contribution in [3.05, 3.63) is 65.3 Å². The fraction of sp³-hybridized carbons (Fsp3) is 0.143. The number of rotatable bonds is 4. The predicted molar refractivity (Wildman–Crippen MR) is 110 cm³/mol. The van der Waals surface area contributed by atoms with E-state index in [1.54, 1.807) is 42.6 Å². The van der Waals surface area contributed by atoms with Gasteiger partial charge in [-0.1, -0.05) is 35.9 Å². The van der Waals surface area contributed by atoms with Crippen molar-refractivity contribution >= 4 is 40.7 Å². The molecule has 1 aliphatic rings. The summed E-state index contributed by atoms with van der Waals surface area (Å²) in [6.45, 7) is 1.46. The number of Topliss-reactive ketones (excluding diaryl/α,β-unsaturated/α-hetero) is 1. The van der Waals surface area contributed by atoms with Crippen molar-refractivity contribution in [2.24, 2.45) is 0 Å². The van der Waals surface area contributed by atoms with Gasteiger partial charge in [0.25, 0.3) is 0 Å². The van der Waals surface area contributed by atoms with Gasteiger partial charge in [0.05, 0.1) is 12.6 Å². The summed E-state index contributed by atoms with van der Waals surface area (Å²) in [7, 11) is 0. The van der Waals surface area contributed by atoms with Gasteiger partial charge in [-0.3, -0.25) is 14.4 Å². The maximum absolute atomic E-state index is 12.9. The summed E-state index contributed by atoms with van der Waals surface area (Å²) in [6, 6.07) is 13.0. The molecule has 0 saturated carbocycles. The van der Waals surface area contributed by atoms with Crippen LogP contribution < -0.4 is 10.6 Å². The zero-order valence-electron chi connectivity index (χ0n) is 15.5. The van der Waals surface area contributed by atoms with Gasteiger partial charge in [-0.15, -0.1) is 0 Å². The van der Waals surface area contributed by atoms with Gasteiger partial charge in [0.2, 0.25) is 11.8 Å². The van der Waals surface area contributed by atoms with Crippen molar-refractivity contribution in [2.75, 3.05) is 10.6 Å². The number of amides is 2. The van der Waals surface area contributed by atoms with Gasteiger partial charge in [0.1, 0.15) is 11.9 Å². The van der Waals surface area contributed by atoms with Crippen LogP contribution in [0.4, 0.5) is 11.5 Å². The Hall–Kier alpha value is -3.45. The highest BCUT2D eigenvalue weighted by molar-refractivity contribution is 6.30. The molecule has 3 aromatic rings. The van der Waals surface area contributed by atoms with E-state index in [0.717, 1.165) is 5.56 Å². The normalized spacial score (nSPS) is 15.4. The number of nitrogens with one attached hydrogen (secondary N) is 2. The van der Waals surface area contributed by atoms with Gasteiger partial charge in [0, 0.05) is 21.8 Å². The fourth-order valence-corrected chi connectivity index (χ4v) is 3.38. The molecule has 0 radical (unpaired) electrons. The van der Waals surface area contributed by atoms with Crippen LogP contribution >= 0.6 is 11.6 Å². The van der Waals surface area contributed by atoms with E-state index in [2.05, 4.69) is 15.7 Å².